The Bertz CT molecular complexity index is 429. The SMILES string of the molecule is CCC(CC)C1CCN(C(=NC)NCCc2ccco2)C1.I. The summed E-state index contributed by atoms with van der Waals surface area (Å²) in [6, 6.07) is 3.95. The van der Waals surface area contributed by atoms with Crippen molar-refractivity contribution < 1.29 is 4.42 Å². The Morgan fingerprint density at radius 2 is 2.23 bits per heavy atom. The van der Waals surface area contributed by atoms with Crippen LogP contribution in [0.15, 0.2) is 27.8 Å². The van der Waals surface area contributed by atoms with Gasteiger partial charge in [0, 0.05) is 33.1 Å². The third kappa shape index (κ3) is 5.18. The predicted molar refractivity (Wildman–Crippen MR) is 103 cm³/mol. The van der Waals surface area contributed by atoms with E-state index in [2.05, 4.69) is 29.1 Å². The third-order valence-electron chi connectivity index (χ3n) is 4.69. The molecule has 0 aromatic carbocycles. The van der Waals surface area contributed by atoms with Gasteiger partial charge in [-0.2, -0.15) is 0 Å². The van der Waals surface area contributed by atoms with E-state index in [1.165, 1.54) is 19.3 Å². The zero-order valence-electron chi connectivity index (χ0n) is 14.0. The van der Waals surface area contributed by atoms with Gasteiger partial charge in [0.15, 0.2) is 5.96 Å². The summed E-state index contributed by atoms with van der Waals surface area (Å²) in [5.74, 6) is 3.74. The number of nitrogens with one attached hydrogen (secondary N) is 1. The number of hydrogen-bond donors (Lipinski definition) is 1. The highest BCUT2D eigenvalue weighted by Crippen LogP contribution is 2.28. The van der Waals surface area contributed by atoms with E-state index >= 15 is 0 Å². The van der Waals surface area contributed by atoms with Gasteiger partial charge in [-0.15, -0.1) is 24.0 Å². The molecule has 1 aliphatic heterocycles. The summed E-state index contributed by atoms with van der Waals surface area (Å²) in [5, 5.41) is 3.46. The molecule has 5 heteroatoms. The molecule has 1 aliphatic rings. The first-order valence-corrected chi connectivity index (χ1v) is 8.26. The Kier molecular flexibility index (Phi) is 8.90. The number of halogens is 1. The second-order valence-electron chi connectivity index (χ2n) is 5.87. The molecule has 2 heterocycles. The molecule has 1 aromatic heterocycles. The van der Waals surface area contributed by atoms with Crippen molar-refractivity contribution in [1.29, 1.82) is 0 Å². The number of hydrogen-bond acceptors (Lipinski definition) is 2. The van der Waals surface area contributed by atoms with Crippen molar-refractivity contribution in [2.45, 2.75) is 39.5 Å². The Labute approximate surface area is 151 Å². The van der Waals surface area contributed by atoms with Gasteiger partial charge in [-0.05, 0) is 30.4 Å². The quantitative estimate of drug-likeness (QED) is 0.434. The lowest BCUT2D eigenvalue weighted by atomic mass is 9.87. The van der Waals surface area contributed by atoms with Gasteiger partial charge in [-0.25, -0.2) is 0 Å². The molecule has 1 unspecified atom stereocenters. The van der Waals surface area contributed by atoms with E-state index in [9.17, 15) is 0 Å². The topological polar surface area (TPSA) is 40.8 Å². The van der Waals surface area contributed by atoms with Crippen molar-refractivity contribution in [3.05, 3.63) is 24.2 Å². The fourth-order valence-corrected chi connectivity index (χ4v) is 3.40. The molecule has 126 valence electrons. The molecule has 0 aliphatic carbocycles. The number of rotatable bonds is 6. The molecule has 0 bridgehead atoms. The van der Waals surface area contributed by atoms with E-state index in [4.69, 9.17) is 4.42 Å². The molecule has 0 radical (unpaired) electrons. The average molecular weight is 419 g/mol. The first-order valence-electron chi connectivity index (χ1n) is 8.26. The van der Waals surface area contributed by atoms with Gasteiger partial charge in [0.1, 0.15) is 5.76 Å². The van der Waals surface area contributed by atoms with Crippen LogP contribution < -0.4 is 5.32 Å². The molecule has 1 atom stereocenters. The first-order chi connectivity index (χ1) is 10.3. The van der Waals surface area contributed by atoms with Crippen molar-refractivity contribution in [2.75, 3.05) is 26.7 Å². The van der Waals surface area contributed by atoms with Gasteiger partial charge in [0.25, 0.3) is 0 Å². The molecule has 1 N–H and O–H groups in total. The van der Waals surface area contributed by atoms with Crippen molar-refractivity contribution >= 4 is 29.9 Å². The van der Waals surface area contributed by atoms with E-state index in [1.54, 1.807) is 6.26 Å². The minimum absolute atomic E-state index is 0. The summed E-state index contributed by atoms with van der Waals surface area (Å²) in [7, 11) is 1.87. The lowest BCUT2D eigenvalue weighted by Gasteiger charge is -2.24. The summed E-state index contributed by atoms with van der Waals surface area (Å²) >= 11 is 0. The van der Waals surface area contributed by atoms with Crippen LogP contribution in [0.3, 0.4) is 0 Å². The second-order valence-corrected chi connectivity index (χ2v) is 5.87. The standard InChI is InChI=1S/C17H29N3O.HI/c1-4-14(5-2)15-9-11-20(13-15)17(18-3)19-10-8-16-7-6-12-21-16;/h6-7,12,14-15H,4-5,8-11,13H2,1-3H3,(H,18,19);1H. The lowest BCUT2D eigenvalue weighted by Crippen LogP contribution is -2.41. The molecule has 1 aromatic rings. The zero-order valence-corrected chi connectivity index (χ0v) is 16.4. The summed E-state index contributed by atoms with van der Waals surface area (Å²) in [6.07, 6.45) is 6.50. The minimum Gasteiger partial charge on any atom is -0.469 e. The van der Waals surface area contributed by atoms with Crippen molar-refractivity contribution in [2.24, 2.45) is 16.8 Å². The molecule has 2 rings (SSSR count). The van der Waals surface area contributed by atoms with Crippen molar-refractivity contribution in [3.8, 4) is 0 Å². The maximum atomic E-state index is 5.36. The molecule has 4 nitrogen and oxygen atoms in total. The fourth-order valence-electron chi connectivity index (χ4n) is 3.40. The van der Waals surface area contributed by atoms with Crippen LogP contribution in [0.25, 0.3) is 0 Å². The van der Waals surface area contributed by atoms with Crippen molar-refractivity contribution in [1.82, 2.24) is 10.2 Å². The number of guanidine groups is 1. The molecular weight excluding hydrogens is 389 g/mol. The Balaban J connectivity index is 0.00000242. The van der Waals surface area contributed by atoms with Crippen LogP contribution in [0.4, 0.5) is 0 Å². The van der Waals surface area contributed by atoms with Crippen LogP contribution in [0.5, 0.6) is 0 Å². The molecule has 1 fully saturated rings. The smallest absolute Gasteiger partial charge is 0.193 e. The molecule has 0 saturated carbocycles. The second kappa shape index (κ2) is 10.1. The van der Waals surface area contributed by atoms with Gasteiger partial charge < -0.3 is 14.6 Å². The maximum Gasteiger partial charge on any atom is 0.193 e. The van der Waals surface area contributed by atoms with Crippen molar-refractivity contribution in [3.63, 3.8) is 0 Å². The predicted octanol–water partition coefficient (Wildman–Crippen LogP) is 3.77. The van der Waals surface area contributed by atoms with Crippen LogP contribution >= 0.6 is 24.0 Å². The Morgan fingerprint density at radius 3 is 2.82 bits per heavy atom. The van der Waals surface area contributed by atoms with Gasteiger partial charge >= 0.3 is 0 Å². The average Bonchev–Trinajstić information content (AvgIpc) is 3.17. The van der Waals surface area contributed by atoms with Gasteiger partial charge in [0.05, 0.1) is 6.26 Å². The fraction of sp³-hybridized carbons (Fsp3) is 0.706. The molecule has 22 heavy (non-hydrogen) atoms. The van der Waals surface area contributed by atoms with Crippen LogP contribution in [0, 0.1) is 11.8 Å². The molecule has 0 amide bonds. The van der Waals surface area contributed by atoms with Gasteiger partial charge in [-0.3, -0.25) is 4.99 Å². The zero-order chi connectivity index (χ0) is 15.1. The van der Waals surface area contributed by atoms with E-state index in [1.807, 2.05) is 19.2 Å². The number of aliphatic imine (C=N–C) groups is 1. The maximum absolute atomic E-state index is 5.36. The normalized spacial score (nSPS) is 18.6. The number of likely N-dealkylation sites (tertiary alicyclic amines) is 1. The highest BCUT2D eigenvalue weighted by atomic mass is 127. The van der Waals surface area contributed by atoms with Crippen LogP contribution in [-0.2, 0) is 6.42 Å². The van der Waals surface area contributed by atoms with E-state index in [-0.39, 0.29) is 24.0 Å². The summed E-state index contributed by atoms with van der Waals surface area (Å²) in [6.45, 7) is 7.77. The number of nitrogens with zero attached hydrogens (tertiary/aromatic N) is 2. The van der Waals surface area contributed by atoms with Crippen LogP contribution in [0.2, 0.25) is 0 Å². The highest BCUT2D eigenvalue weighted by Gasteiger charge is 2.29. The lowest BCUT2D eigenvalue weighted by molar-refractivity contribution is 0.319. The van der Waals surface area contributed by atoms with Gasteiger partial charge in [0.2, 0.25) is 0 Å². The van der Waals surface area contributed by atoms with Crippen LogP contribution in [-0.4, -0.2) is 37.5 Å². The van der Waals surface area contributed by atoms with E-state index < -0.39 is 0 Å². The monoisotopic (exact) mass is 419 g/mol. The molecule has 1 saturated heterocycles. The molecular formula is C17H30IN3O. The van der Waals surface area contributed by atoms with E-state index in [0.717, 1.165) is 49.6 Å². The first kappa shape index (κ1) is 19.3. The Morgan fingerprint density at radius 1 is 1.45 bits per heavy atom. The summed E-state index contributed by atoms with van der Waals surface area (Å²) < 4.78 is 5.36. The minimum atomic E-state index is 0. The Hall–Kier alpha value is -0.720. The third-order valence-corrected chi connectivity index (χ3v) is 4.69. The molecule has 0 spiro atoms. The largest absolute Gasteiger partial charge is 0.469 e. The van der Waals surface area contributed by atoms with Crippen LogP contribution in [0.1, 0.15) is 38.9 Å². The van der Waals surface area contributed by atoms with E-state index in [0.29, 0.717) is 0 Å². The summed E-state index contributed by atoms with van der Waals surface area (Å²) in [4.78, 5) is 6.84. The highest BCUT2D eigenvalue weighted by molar-refractivity contribution is 14.0. The van der Waals surface area contributed by atoms with Gasteiger partial charge in [-0.1, -0.05) is 26.7 Å². The number of furan rings is 1. The summed E-state index contributed by atoms with van der Waals surface area (Å²) in [5.41, 5.74) is 0.